The summed E-state index contributed by atoms with van der Waals surface area (Å²) < 4.78 is 1.77. The number of carbonyl (C=O) groups is 1. The first kappa shape index (κ1) is 20.6. The molecule has 0 amide bonds. The van der Waals surface area contributed by atoms with Gasteiger partial charge < -0.3 is 5.32 Å². The van der Waals surface area contributed by atoms with Gasteiger partial charge in [-0.2, -0.15) is 4.57 Å². The number of nitro groups is 1. The van der Waals surface area contributed by atoms with Gasteiger partial charge in [-0.3, -0.25) is 14.9 Å². The maximum absolute atomic E-state index is 13.1. The van der Waals surface area contributed by atoms with Gasteiger partial charge in [0.1, 0.15) is 0 Å². The monoisotopic (exact) mass is 386 g/mol. The molecule has 142 valence electrons. The molecule has 1 N–H and O–H groups in total. The lowest BCUT2D eigenvalue weighted by atomic mass is 9.88. The van der Waals surface area contributed by atoms with Crippen LogP contribution in [-0.2, 0) is 5.41 Å². The number of aromatic nitrogens is 1. The van der Waals surface area contributed by atoms with E-state index in [1.807, 2.05) is 31.5 Å². The summed E-state index contributed by atoms with van der Waals surface area (Å²) in [7, 11) is 0. The van der Waals surface area contributed by atoms with E-state index in [1.54, 1.807) is 4.57 Å². The Labute approximate surface area is 164 Å². The van der Waals surface area contributed by atoms with Crippen molar-refractivity contribution in [3.05, 3.63) is 70.0 Å². The number of likely N-dealkylation sites (N-methyl/N-ethyl adjacent to an activating group) is 1. The van der Waals surface area contributed by atoms with Gasteiger partial charge in [-0.25, -0.2) is 0 Å². The van der Waals surface area contributed by atoms with Crippen molar-refractivity contribution in [1.29, 1.82) is 0 Å². The van der Waals surface area contributed by atoms with Crippen LogP contribution in [0, 0.1) is 10.1 Å². The van der Waals surface area contributed by atoms with E-state index in [0.29, 0.717) is 17.1 Å². The molecule has 27 heavy (non-hydrogen) atoms. The molecule has 0 radical (unpaired) electrons. The van der Waals surface area contributed by atoms with Crippen molar-refractivity contribution in [3.63, 3.8) is 0 Å². The van der Waals surface area contributed by atoms with Crippen LogP contribution in [0.5, 0.6) is 0 Å². The Morgan fingerprint density at radius 2 is 1.74 bits per heavy atom. The number of thiocarbonyl (C=S) groups is 1. The van der Waals surface area contributed by atoms with Crippen LogP contribution in [-0.4, -0.2) is 22.2 Å². The molecule has 1 heterocycles. The number of nitrogens with zero attached hydrogens (tertiary/aromatic N) is 2. The van der Waals surface area contributed by atoms with Gasteiger partial charge in [-0.05, 0) is 30.0 Å². The quantitative estimate of drug-likeness (QED) is 0.270. The van der Waals surface area contributed by atoms with Crippen molar-refractivity contribution in [1.82, 2.24) is 5.32 Å². The van der Waals surface area contributed by atoms with E-state index in [-0.39, 0.29) is 16.9 Å². The van der Waals surface area contributed by atoms with Crippen molar-refractivity contribution in [2.75, 3.05) is 6.54 Å². The standard InChI is InChI=1S/C20H23N3O3S/c1-5-21-19(27)17(22-12-10-15(11-13-22)20(2,3)4)18(24)14-6-8-16(9-7-14)23(25)26/h6-13,17H,5H2,1-4H3/p+1. The van der Waals surface area contributed by atoms with Crippen molar-refractivity contribution in [2.24, 2.45) is 0 Å². The fraction of sp³-hybridized carbons (Fsp3) is 0.350. The maximum atomic E-state index is 13.1. The van der Waals surface area contributed by atoms with E-state index in [9.17, 15) is 14.9 Å². The number of rotatable bonds is 6. The Morgan fingerprint density at radius 3 is 2.19 bits per heavy atom. The zero-order valence-corrected chi connectivity index (χ0v) is 16.7. The summed E-state index contributed by atoms with van der Waals surface area (Å²) >= 11 is 5.45. The second-order valence-electron chi connectivity index (χ2n) is 7.25. The zero-order chi connectivity index (χ0) is 20.2. The van der Waals surface area contributed by atoms with Crippen LogP contribution >= 0.6 is 12.2 Å². The Balaban J connectivity index is 2.40. The number of pyridine rings is 1. The molecule has 0 aliphatic rings. The minimum absolute atomic E-state index is 0.000855. The van der Waals surface area contributed by atoms with Crippen molar-refractivity contribution >= 4 is 28.7 Å². The molecular formula is C20H24N3O3S+. The highest BCUT2D eigenvalue weighted by molar-refractivity contribution is 7.80. The lowest BCUT2D eigenvalue weighted by Crippen LogP contribution is -2.51. The molecule has 2 aromatic rings. The van der Waals surface area contributed by atoms with E-state index in [0.717, 1.165) is 5.56 Å². The van der Waals surface area contributed by atoms with Gasteiger partial charge in [0.25, 0.3) is 11.7 Å². The van der Waals surface area contributed by atoms with Crippen LogP contribution in [0.15, 0.2) is 48.8 Å². The van der Waals surface area contributed by atoms with Crippen LogP contribution in [0.3, 0.4) is 0 Å². The smallest absolute Gasteiger partial charge is 0.270 e. The van der Waals surface area contributed by atoms with Crippen LogP contribution in [0.1, 0.15) is 49.7 Å². The number of Topliss-reactive ketones (excluding diaryl/α,β-unsaturated/α-hetero) is 1. The number of hydrogen-bond donors (Lipinski definition) is 1. The van der Waals surface area contributed by atoms with E-state index in [2.05, 4.69) is 26.1 Å². The number of carbonyl (C=O) groups excluding carboxylic acids is 1. The number of nitrogens with one attached hydrogen (secondary N) is 1. The molecular weight excluding hydrogens is 362 g/mol. The lowest BCUT2D eigenvalue weighted by Gasteiger charge is -2.19. The predicted octanol–water partition coefficient (Wildman–Crippen LogP) is 3.54. The summed E-state index contributed by atoms with van der Waals surface area (Å²) in [4.78, 5) is 23.9. The zero-order valence-electron chi connectivity index (χ0n) is 15.9. The minimum Gasteiger partial charge on any atom is -0.374 e. The Hall–Kier alpha value is -2.67. The number of benzene rings is 1. The van der Waals surface area contributed by atoms with E-state index in [4.69, 9.17) is 12.2 Å². The molecule has 0 saturated heterocycles. The van der Waals surface area contributed by atoms with Gasteiger partial charge in [0.05, 0.1) is 4.92 Å². The van der Waals surface area contributed by atoms with Crippen LogP contribution in [0.4, 0.5) is 5.69 Å². The van der Waals surface area contributed by atoms with Crippen molar-refractivity contribution in [3.8, 4) is 0 Å². The van der Waals surface area contributed by atoms with E-state index in [1.165, 1.54) is 24.3 Å². The molecule has 1 aromatic heterocycles. The first-order valence-corrected chi connectivity index (χ1v) is 9.13. The molecule has 0 saturated carbocycles. The van der Waals surface area contributed by atoms with E-state index < -0.39 is 11.0 Å². The predicted molar refractivity (Wildman–Crippen MR) is 108 cm³/mol. The summed E-state index contributed by atoms with van der Waals surface area (Å²) in [6.45, 7) is 8.87. The summed E-state index contributed by atoms with van der Waals surface area (Å²) in [6, 6.07) is 8.82. The molecule has 0 fully saturated rings. The van der Waals surface area contributed by atoms with Crippen molar-refractivity contribution in [2.45, 2.75) is 39.2 Å². The Morgan fingerprint density at radius 1 is 1.19 bits per heavy atom. The minimum atomic E-state index is -0.713. The maximum Gasteiger partial charge on any atom is 0.270 e. The first-order valence-electron chi connectivity index (χ1n) is 8.72. The van der Waals surface area contributed by atoms with E-state index >= 15 is 0 Å². The highest BCUT2D eigenvalue weighted by atomic mass is 32.1. The molecule has 6 nitrogen and oxygen atoms in total. The summed E-state index contributed by atoms with van der Waals surface area (Å²) in [5, 5.41) is 13.9. The number of hydrogen-bond acceptors (Lipinski definition) is 4. The first-order chi connectivity index (χ1) is 12.6. The molecule has 0 aliphatic carbocycles. The molecule has 7 heteroatoms. The lowest BCUT2D eigenvalue weighted by molar-refractivity contribution is -0.692. The van der Waals surface area contributed by atoms with Crippen molar-refractivity contribution < 1.29 is 14.3 Å². The highest BCUT2D eigenvalue weighted by Gasteiger charge is 2.33. The fourth-order valence-corrected chi connectivity index (χ4v) is 3.05. The normalized spacial score (nSPS) is 12.3. The molecule has 0 spiro atoms. The molecule has 1 aromatic carbocycles. The Kier molecular flexibility index (Phi) is 6.38. The molecule has 0 aliphatic heterocycles. The largest absolute Gasteiger partial charge is 0.374 e. The van der Waals surface area contributed by atoms with Gasteiger partial charge in [-0.1, -0.05) is 33.0 Å². The molecule has 1 atom stereocenters. The number of ketones is 1. The second kappa shape index (κ2) is 8.35. The molecule has 2 rings (SSSR count). The second-order valence-corrected chi connectivity index (χ2v) is 7.69. The summed E-state index contributed by atoms with van der Waals surface area (Å²) in [5.74, 6) is -0.218. The van der Waals surface area contributed by atoms with Gasteiger partial charge >= 0.3 is 0 Å². The van der Waals surface area contributed by atoms with Gasteiger partial charge in [0, 0.05) is 36.4 Å². The molecule has 0 bridgehead atoms. The average molecular weight is 386 g/mol. The van der Waals surface area contributed by atoms with Crippen LogP contribution < -0.4 is 9.88 Å². The average Bonchev–Trinajstić information content (AvgIpc) is 2.62. The van der Waals surface area contributed by atoms with Gasteiger partial charge in [-0.15, -0.1) is 0 Å². The van der Waals surface area contributed by atoms with Gasteiger partial charge in [0.2, 0.25) is 5.78 Å². The third-order valence-corrected chi connectivity index (χ3v) is 4.59. The van der Waals surface area contributed by atoms with Gasteiger partial charge in [0.15, 0.2) is 17.4 Å². The molecule has 1 unspecified atom stereocenters. The topological polar surface area (TPSA) is 76.1 Å². The Bertz CT molecular complexity index is 840. The third-order valence-electron chi connectivity index (χ3n) is 4.23. The fourth-order valence-electron chi connectivity index (χ4n) is 2.68. The van der Waals surface area contributed by atoms with Crippen LogP contribution in [0.2, 0.25) is 0 Å². The highest BCUT2D eigenvalue weighted by Crippen LogP contribution is 2.21. The number of non-ortho nitro benzene ring substituents is 1. The summed E-state index contributed by atoms with van der Waals surface area (Å²) in [5.41, 5.74) is 1.46. The number of nitro benzene ring substituents is 1. The third kappa shape index (κ3) is 4.95. The SMILES string of the molecule is CCNC(=S)C(C(=O)c1ccc([N+](=O)[O-])cc1)[n+]1ccc(C(C)(C)C)cc1. The van der Waals surface area contributed by atoms with Crippen LogP contribution in [0.25, 0.3) is 0 Å². The summed E-state index contributed by atoms with van der Waals surface area (Å²) in [6.07, 6.45) is 3.69.